The van der Waals surface area contributed by atoms with Crippen molar-refractivity contribution in [3.8, 4) is 0 Å². The van der Waals surface area contributed by atoms with Crippen molar-refractivity contribution in [2.75, 3.05) is 17.6 Å². The van der Waals surface area contributed by atoms with Crippen LogP contribution in [0.3, 0.4) is 0 Å². The second-order valence-electron chi connectivity index (χ2n) is 4.10. The first-order chi connectivity index (χ1) is 8.21. The van der Waals surface area contributed by atoms with Crippen LogP contribution in [0.2, 0.25) is 0 Å². The zero-order valence-corrected chi connectivity index (χ0v) is 13.6. The fourth-order valence-corrected chi connectivity index (χ4v) is 5.01. The summed E-state index contributed by atoms with van der Waals surface area (Å²) in [5.41, 5.74) is 0.774. The topological polar surface area (TPSA) is 20.3 Å². The molecule has 0 radical (unpaired) electrons. The molecule has 0 aromatic carbocycles. The number of allylic oxidation sites excluding steroid dienone is 2. The molecule has 1 saturated heterocycles. The molecule has 2 nitrogen and oxygen atoms in total. The number of ketones is 1. The maximum atomic E-state index is 12.0. The number of thiol groups is 1. The van der Waals surface area contributed by atoms with Crippen molar-refractivity contribution in [3.05, 3.63) is 23.1 Å². The van der Waals surface area contributed by atoms with Gasteiger partial charge in [-0.3, -0.25) is 0 Å². The molecule has 0 aromatic heterocycles. The fourth-order valence-electron chi connectivity index (χ4n) is 1.81. The van der Waals surface area contributed by atoms with E-state index in [9.17, 15) is 4.79 Å². The number of hydrogen-bond donors (Lipinski definition) is 1. The van der Waals surface area contributed by atoms with Crippen molar-refractivity contribution in [1.82, 2.24) is 4.90 Å². The van der Waals surface area contributed by atoms with Gasteiger partial charge in [0, 0.05) is 0 Å². The quantitative estimate of drug-likeness (QED) is 0.176. The van der Waals surface area contributed by atoms with E-state index in [-0.39, 0.29) is 27.0 Å². The molecule has 1 rings (SSSR count). The molecule has 0 aliphatic carbocycles. The summed E-state index contributed by atoms with van der Waals surface area (Å²) in [6, 6.07) is 0. The average Bonchev–Trinajstić information content (AvgIpc) is 2.36. The van der Waals surface area contributed by atoms with E-state index in [4.69, 9.17) is 0 Å². The van der Waals surface area contributed by atoms with Gasteiger partial charge in [0.15, 0.2) is 0 Å². The number of rotatable bonds is 5. The Balaban J connectivity index is 2.42. The van der Waals surface area contributed by atoms with Crippen molar-refractivity contribution < 1.29 is 26.0 Å². The van der Waals surface area contributed by atoms with Crippen LogP contribution in [0.25, 0.3) is 0 Å². The molecular weight excluding hydrogens is 345 g/mol. The maximum absolute atomic E-state index is 12.0. The molecule has 4 heteroatoms. The van der Waals surface area contributed by atoms with Crippen LogP contribution in [0.15, 0.2) is 23.1 Å². The molecular formula is C13H21INOS-. The van der Waals surface area contributed by atoms with Gasteiger partial charge in [-0.2, -0.15) is 0 Å². The Kier molecular flexibility index (Phi) is 7.46. The molecule has 0 N–H and O–H groups in total. The number of alkyl halides is 2. The molecule has 1 unspecified atom stereocenters. The molecule has 0 spiro atoms. The fraction of sp³-hybridized carbons (Fsp3) is 0.615. The van der Waals surface area contributed by atoms with Gasteiger partial charge < -0.3 is 0 Å². The van der Waals surface area contributed by atoms with Gasteiger partial charge in [0.1, 0.15) is 0 Å². The molecule has 0 bridgehead atoms. The third kappa shape index (κ3) is 5.14. The first-order valence-corrected chi connectivity index (χ1v) is 9.30. The zero-order valence-electron chi connectivity index (χ0n) is 10.5. The Bertz CT molecular complexity index is 307. The second-order valence-corrected chi connectivity index (χ2v) is 7.73. The summed E-state index contributed by atoms with van der Waals surface area (Å²) in [7, 11) is 0. The van der Waals surface area contributed by atoms with Crippen LogP contribution in [0.4, 0.5) is 0 Å². The summed E-state index contributed by atoms with van der Waals surface area (Å²) in [5.74, 6) is 0.219. The first-order valence-electron chi connectivity index (χ1n) is 6.01. The molecule has 1 heterocycles. The Morgan fingerprint density at radius 3 is 2.82 bits per heavy atom. The molecule has 1 fully saturated rings. The van der Waals surface area contributed by atoms with E-state index in [1.807, 2.05) is 13.0 Å². The van der Waals surface area contributed by atoms with Crippen LogP contribution >= 0.6 is 12.6 Å². The van der Waals surface area contributed by atoms with Crippen molar-refractivity contribution in [2.45, 2.75) is 30.6 Å². The third-order valence-corrected chi connectivity index (χ3v) is 7.17. The van der Waals surface area contributed by atoms with E-state index >= 15 is 0 Å². The summed E-state index contributed by atoms with van der Waals surface area (Å²) < 4.78 is 2.14. The Labute approximate surface area is 120 Å². The minimum atomic E-state index is 0.219. The van der Waals surface area contributed by atoms with Gasteiger partial charge in [0.2, 0.25) is 0 Å². The van der Waals surface area contributed by atoms with Gasteiger partial charge in [-0.1, -0.05) is 0 Å². The van der Waals surface area contributed by atoms with E-state index in [0.717, 1.165) is 16.0 Å². The second kappa shape index (κ2) is 8.32. The van der Waals surface area contributed by atoms with Gasteiger partial charge in [-0.25, -0.2) is 0 Å². The normalized spacial score (nSPS) is 23.7. The number of hydrogen-bond acceptors (Lipinski definition) is 3. The monoisotopic (exact) mass is 366 g/mol. The molecule has 0 amide bonds. The average molecular weight is 366 g/mol. The van der Waals surface area contributed by atoms with Crippen molar-refractivity contribution in [1.29, 1.82) is 0 Å². The SMILES string of the molecule is C/C=C(\C=C/S)C(=O)CN1CCC(CC)[I-]C1. The van der Waals surface area contributed by atoms with Crippen molar-refractivity contribution in [2.24, 2.45) is 0 Å². The molecule has 17 heavy (non-hydrogen) atoms. The van der Waals surface area contributed by atoms with Crippen LogP contribution in [-0.2, 0) is 4.79 Å². The van der Waals surface area contributed by atoms with Crippen LogP contribution in [0.1, 0.15) is 26.7 Å². The standard InChI is InChI=1S/C13H21INOS/c1-3-11(6-8-17)13(16)9-15-7-5-12(4-2)14-10-15/h3,6,8,12,17H,4-5,7,9-10H2,1-2H3/q-1/b8-6-,11-3+. The van der Waals surface area contributed by atoms with Crippen LogP contribution in [0.5, 0.6) is 0 Å². The summed E-state index contributed by atoms with van der Waals surface area (Å²) in [4.78, 5) is 14.3. The summed E-state index contributed by atoms with van der Waals surface area (Å²) in [5, 5.41) is 1.63. The summed E-state index contributed by atoms with van der Waals surface area (Å²) >= 11 is 4.28. The number of halogens is 1. The van der Waals surface area contributed by atoms with Crippen LogP contribution in [-0.4, -0.2) is 32.2 Å². The van der Waals surface area contributed by atoms with Gasteiger partial charge in [0.05, 0.1) is 0 Å². The van der Waals surface area contributed by atoms with Gasteiger partial charge in [-0.15, -0.1) is 0 Å². The van der Waals surface area contributed by atoms with E-state index in [1.54, 1.807) is 11.5 Å². The van der Waals surface area contributed by atoms with Gasteiger partial charge in [-0.05, 0) is 0 Å². The number of carbonyl (C=O) groups excluding carboxylic acids is 1. The minimum absolute atomic E-state index is 0.219. The molecule has 1 aliphatic rings. The van der Waals surface area contributed by atoms with Crippen LogP contribution in [0, 0.1) is 0 Å². The Hall–Kier alpha value is 0.190. The molecule has 98 valence electrons. The third-order valence-electron chi connectivity index (χ3n) is 2.91. The Morgan fingerprint density at radius 1 is 1.59 bits per heavy atom. The van der Waals surface area contributed by atoms with E-state index in [1.165, 1.54) is 17.4 Å². The van der Waals surface area contributed by atoms with E-state index in [2.05, 4.69) is 24.5 Å². The van der Waals surface area contributed by atoms with Gasteiger partial charge in [0.25, 0.3) is 0 Å². The first kappa shape index (κ1) is 15.2. The predicted octanol–water partition coefficient (Wildman–Crippen LogP) is -0.524. The van der Waals surface area contributed by atoms with E-state index in [0.29, 0.717) is 6.54 Å². The zero-order chi connectivity index (χ0) is 12.7. The Morgan fingerprint density at radius 2 is 2.35 bits per heavy atom. The number of Topliss-reactive ketones (excluding diaryl/α,β-unsaturated/α-hetero) is 1. The molecule has 1 aliphatic heterocycles. The number of nitrogens with zero attached hydrogens (tertiary/aromatic N) is 1. The molecule has 1 atom stereocenters. The van der Waals surface area contributed by atoms with Gasteiger partial charge >= 0.3 is 121 Å². The number of carbonyl (C=O) groups is 1. The predicted molar refractivity (Wildman–Crippen MR) is 72.0 cm³/mol. The van der Waals surface area contributed by atoms with Crippen molar-refractivity contribution in [3.63, 3.8) is 0 Å². The van der Waals surface area contributed by atoms with Crippen molar-refractivity contribution >= 4 is 18.4 Å². The van der Waals surface area contributed by atoms with E-state index < -0.39 is 0 Å². The molecule has 0 aromatic rings. The van der Waals surface area contributed by atoms with Crippen LogP contribution < -0.4 is 21.2 Å². The summed E-state index contributed by atoms with van der Waals surface area (Å²) in [6.07, 6.45) is 6.24. The molecule has 0 saturated carbocycles. The summed E-state index contributed by atoms with van der Waals surface area (Å²) in [6.45, 7) is 5.84.